The molecule has 0 bridgehead atoms. The number of halogens is 2. The van der Waals surface area contributed by atoms with Crippen molar-refractivity contribution in [3.63, 3.8) is 0 Å². The summed E-state index contributed by atoms with van der Waals surface area (Å²) in [6.07, 6.45) is -0.267. The van der Waals surface area contributed by atoms with E-state index in [1.54, 1.807) is 0 Å². The molecule has 0 saturated carbocycles. The molecule has 0 aliphatic carbocycles. The van der Waals surface area contributed by atoms with E-state index >= 15 is 0 Å². The van der Waals surface area contributed by atoms with Crippen LogP contribution in [0.3, 0.4) is 0 Å². The smallest absolute Gasteiger partial charge is 0.237 e. The molecule has 5 heteroatoms. The van der Waals surface area contributed by atoms with Gasteiger partial charge < -0.3 is 0 Å². The van der Waals surface area contributed by atoms with Crippen LogP contribution in [0.1, 0.15) is 50.4 Å². The molecule has 1 aliphatic rings. The number of rotatable bonds is 1. The Morgan fingerprint density at radius 3 is 2.45 bits per heavy atom. The first-order valence-electron chi connectivity index (χ1n) is 6.69. The zero-order valence-electron chi connectivity index (χ0n) is 11.8. The van der Waals surface area contributed by atoms with Gasteiger partial charge in [0, 0.05) is 11.8 Å². The molecule has 2 heterocycles. The molecular formula is C15H17F2N3. The first-order valence-corrected chi connectivity index (χ1v) is 6.69. The molecule has 0 radical (unpaired) electrons. The second-order valence-corrected chi connectivity index (χ2v) is 6.29. The van der Waals surface area contributed by atoms with E-state index in [1.807, 2.05) is 51.1 Å². The highest BCUT2D eigenvalue weighted by Crippen LogP contribution is 2.45. The van der Waals surface area contributed by atoms with Crippen molar-refractivity contribution < 1.29 is 8.78 Å². The van der Waals surface area contributed by atoms with Crippen LogP contribution in [0.5, 0.6) is 0 Å². The minimum atomic E-state index is -2.92. The third-order valence-electron chi connectivity index (χ3n) is 3.56. The average Bonchev–Trinajstić information content (AvgIpc) is 2.90. The van der Waals surface area contributed by atoms with Crippen LogP contribution >= 0.6 is 0 Å². The van der Waals surface area contributed by atoms with Gasteiger partial charge in [-0.25, -0.2) is 9.67 Å². The first kappa shape index (κ1) is 13.2. The highest BCUT2D eigenvalue weighted by Gasteiger charge is 2.49. The number of hydrogen-bond acceptors (Lipinski definition) is 2. The number of aromatic nitrogens is 3. The van der Waals surface area contributed by atoms with Crippen LogP contribution in [0.4, 0.5) is 8.78 Å². The molecule has 20 heavy (non-hydrogen) atoms. The molecule has 0 fully saturated rings. The summed E-state index contributed by atoms with van der Waals surface area (Å²) in [5.41, 5.74) is 0.505. The van der Waals surface area contributed by atoms with Gasteiger partial charge in [-0.3, -0.25) is 0 Å². The predicted octanol–water partition coefficient (Wildman–Crippen LogP) is 3.66. The molecule has 1 aromatic carbocycles. The van der Waals surface area contributed by atoms with Gasteiger partial charge in [0.2, 0.25) is 0 Å². The summed E-state index contributed by atoms with van der Waals surface area (Å²) >= 11 is 0. The molecule has 0 unspecified atom stereocenters. The van der Waals surface area contributed by atoms with E-state index < -0.39 is 12.0 Å². The van der Waals surface area contributed by atoms with Gasteiger partial charge in [-0.15, -0.1) is 0 Å². The van der Waals surface area contributed by atoms with E-state index in [2.05, 4.69) is 10.1 Å². The summed E-state index contributed by atoms with van der Waals surface area (Å²) in [6.45, 7) is 5.77. The summed E-state index contributed by atoms with van der Waals surface area (Å²) < 4.78 is 29.7. The molecule has 1 aromatic heterocycles. The highest BCUT2D eigenvalue weighted by atomic mass is 19.3. The van der Waals surface area contributed by atoms with E-state index in [1.165, 1.54) is 4.68 Å². The first-order chi connectivity index (χ1) is 9.29. The molecule has 1 atom stereocenters. The summed E-state index contributed by atoms with van der Waals surface area (Å²) in [5.74, 6) is -2.67. The maximum Gasteiger partial charge on any atom is 0.308 e. The molecule has 106 valence electrons. The Labute approximate surface area is 116 Å². The largest absolute Gasteiger partial charge is 0.308 e. The highest BCUT2D eigenvalue weighted by molar-refractivity contribution is 5.25. The van der Waals surface area contributed by atoms with Gasteiger partial charge in [-0.2, -0.15) is 13.9 Å². The minimum absolute atomic E-state index is 0.212. The van der Waals surface area contributed by atoms with Crippen LogP contribution in [0.25, 0.3) is 0 Å². The zero-order valence-corrected chi connectivity index (χ0v) is 11.8. The van der Waals surface area contributed by atoms with Crippen LogP contribution in [0.15, 0.2) is 30.3 Å². The Morgan fingerprint density at radius 1 is 1.20 bits per heavy atom. The Kier molecular flexibility index (Phi) is 2.71. The Balaban J connectivity index is 2.10. The van der Waals surface area contributed by atoms with Gasteiger partial charge >= 0.3 is 5.92 Å². The van der Waals surface area contributed by atoms with Gasteiger partial charge in [0.05, 0.1) is 6.04 Å². The summed E-state index contributed by atoms with van der Waals surface area (Å²) in [7, 11) is 0. The van der Waals surface area contributed by atoms with Crippen LogP contribution < -0.4 is 0 Å². The number of alkyl halides is 2. The summed E-state index contributed by atoms with van der Waals surface area (Å²) in [5, 5.41) is 4.34. The summed E-state index contributed by atoms with van der Waals surface area (Å²) in [6, 6.07) is 8.85. The van der Waals surface area contributed by atoms with Crippen molar-refractivity contribution in [3.8, 4) is 0 Å². The lowest BCUT2D eigenvalue weighted by Crippen LogP contribution is -2.17. The van der Waals surface area contributed by atoms with Gasteiger partial charge in [0.1, 0.15) is 0 Å². The standard InChI is InChI=1S/C15H17F2N3/c1-14(2,3)12-18-13-15(16,17)9-11(20(13)19-12)10-7-5-4-6-8-10/h4-8,11H,9H2,1-3H3/t11-/m1/s1. The van der Waals surface area contributed by atoms with Crippen LogP contribution in [0, 0.1) is 0 Å². The fraction of sp³-hybridized carbons (Fsp3) is 0.467. The Bertz CT molecular complexity index is 626. The number of benzene rings is 1. The third-order valence-corrected chi connectivity index (χ3v) is 3.56. The Hall–Kier alpha value is -1.78. The van der Waals surface area contributed by atoms with Crippen LogP contribution in [-0.2, 0) is 11.3 Å². The van der Waals surface area contributed by atoms with Crippen LogP contribution in [0.2, 0.25) is 0 Å². The monoisotopic (exact) mass is 277 g/mol. The van der Waals surface area contributed by atoms with Crippen molar-refractivity contribution in [2.24, 2.45) is 0 Å². The Morgan fingerprint density at radius 2 is 1.85 bits per heavy atom. The van der Waals surface area contributed by atoms with Crippen molar-refractivity contribution in [1.29, 1.82) is 0 Å². The van der Waals surface area contributed by atoms with E-state index in [4.69, 9.17) is 0 Å². The molecule has 0 N–H and O–H groups in total. The minimum Gasteiger partial charge on any atom is -0.237 e. The van der Waals surface area contributed by atoms with E-state index in [9.17, 15) is 8.78 Å². The van der Waals surface area contributed by atoms with E-state index in [-0.39, 0.29) is 17.7 Å². The maximum absolute atomic E-state index is 14.2. The van der Waals surface area contributed by atoms with E-state index in [0.29, 0.717) is 5.82 Å². The lowest BCUT2D eigenvalue weighted by atomic mass is 9.96. The molecule has 0 spiro atoms. The number of nitrogens with zero attached hydrogens (tertiary/aromatic N) is 3. The van der Waals surface area contributed by atoms with Gasteiger partial charge in [-0.1, -0.05) is 51.1 Å². The molecule has 3 rings (SSSR count). The normalized spacial score (nSPS) is 20.9. The van der Waals surface area contributed by atoms with Crippen molar-refractivity contribution >= 4 is 0 Å². The fourth-order valence-electron chi connectivity index (χ4n) is 2.46. The molecule has 0 saturated heterocycles. The second kappa shape index (κ2) is 4.11. The van der Waals surface area contributed by atoms with Crippen molar-refractivity contribution in [2.75, 3.05) is 0 Å². The SMILES string of the molecule is CC(C)(C)c1nc2n(n1)[C@@H](c1ccccc1)CC2(F)F. The van der Waals surface area contributed by atoms with E-state index in [0.717, 1.165) is 5.56 Å². The lowest BCUT2D eigenvalue weighted by Gasteiger charge is -2.16. The number of fused-ring (bicyclic) bond motifs is 1. The lowest BCUT2D eigenvalue weighted by molar-refractivity contribution is -0.00899. The topological polar surface area (TPSA) is 30.7 Å². The second-order valence-electron chi connectivity index (χ2n) is 6.29. The van der Waals surface area contributed by atoms with Gasteiger partial charge in [0.15, 0.2) is 11.6 Å². The van der Waals surface area contributed by atoms with Crippen molar-refractivity contribution in [1.82, 2.24) is 14.8 Å². The van der Waals surface area contributed by atoms with Gasteiger partial charge in [-0.05, 0) is 5.56 Å². The summed E-state index contributed by atoms with van der Waals surface area (Å²) in [4.78, 5) is 4.09. The van der Waals surface area contributed by atoms with Crippen LogP contribution in [-0.4, -0.2) is 14.8 Å². The predicted molar refractivity (Wildman–Crippen MR) is 71.8 cm³/mol. The quantitative estimate of drug-likeness (QED) is 0.796. The van der Waals surface area contributed by atoms with Crippen molar-refractivity contribution in [3.05, 3.63) is 47.5 Å². The molecule has 0 amide bonds. The van der Waals surface area contributed by atoms with Crippen molar-refractivity contribution in [2.45, 2.75) is 44.6 Å². The molecule has 3 nitrogen and oxygen atoms in total. The number of hydrogen-bond donors (Lipinski definition) is 0. The average molecular weight is 277 g/mol. The van der Waals surface area contributed by atoms with Gasteiger partial charge in [0.25, 0.3) is 0 Å². The molecule has 1 aliphatic heterocycles. The molecular weight excluding hydrogens is 260 g/mol. The fourth-order valence-corrected chi connectivity index (χ4v) is 2.46. The third kappa shape index (κ3) is 2.01. The maximum atomic E-state index is 14.2. The zero-order chi connectivity index (χ0) is 14.5. The molecule has 2 aromatic rings.